The molecular formula is C14H27IN4O. The highest BCUT2D eigenvalue weighted by Crippen LogP contribution is 2.17. The summed E-state index contributed by atoms with van der Waals surface area (Å²) < 4.78 is 0. The van der Waals surface area contributed by atoms with Crippen molar-refractivity contribution in [2.24, 2.45) is 10.7 Å². The molecule has 4 N–H and O–H groups in total. The number of hydrogen-bond donors (Lipinski definition) is 3. The second-order valence-electron chi connectivity index (χ2n) is 5.73. The van der Waals surface area contributed by atoms with Crippen LogP contribution in [-0.2, 0) is 4.79 Å². The number of nitrogens with two attached hydrogens (primary N) is 1. The van der Waals surface area contributed by atoms with Gasteiger partial charge in [0, 0.05) is 12.1 Å². The maximum absolute atomic E-state index is 11.8. The number of guanidine groups is 1. The first-order valence-electron chi connectivity index (χ1n) is 7.60. The van der Waals surface area contributed by atoms with Crippen molar-refractivity contribution in [2.45, 2.75) is 69.9 Å². The van der Waals surface area contributed by atoms with Crippen LogP contribution in [0.3, 0.4) is 0 Å². The third-order valence-electron chi connectivity index (χ3n) is 4.07. The number of carbonyl (C=O) groups is 1. The Morgan fingerprint density at radius 3 is 2.05 bits per heavy atom. The molecule has 20 heavy (non-hydrogen) atoms. The Labute approximate surface area is 138 Å². The Morgan fingerprint density at radius 2 is 1.45 bits per heavy atom. The summed E-state index contributed by atoms with van der Waals surface area (Å²) in [7, 11) is 0. The van der Waals surface area contributed by atoms with Gasteiger partial charge in [-0.25, -0.2) is 4.99 Å². The van der Waals surface area contributed by atoms with Gasteiger partial charge < -0.3 is 16.4 Å². The van der Waals surface area contributed by atoms with Crippen LogP contribution in [0.1, 0.15) is 57.8 Å². The van der Waals surface area contributed by atoms with E-state index in [-0.39, 0.29) is 36.4 Å². The highest BCUT2D eigenvalue weighted by Gasteiger charge is 2.16. The quantitative estimate of drug-likeness (QED) is 0.387. The largest absolute Gasteiger partial charge is 0.370 e. The summed E-state index contributed by atoms with van der Waals surface area (Å²) >= 11 is 0. The van der Waals surface area contributed by atoms with Gasteiger partial charge in [0.15, 0.2) is 5.96 Å². The van der Waals surface area contributed by atoms with Crippen molar-refractivity contribution in [1.82, 2.24) is 10.6 Å². The highest BCUT2D eigenvalue weighted by molar-refractivity contribution is 14.0. The topological polar surface area (TPSA) is 79.5 Å². The van der Waals surface area contributed by atoms with E-state index in [2.05, 4.69) is 15.6 Å². The van der Waals surface area contributed by atoms with Crippen molar-refractivity contribution in [1.29, 1.82) is 0 Å². The fraction of sp³-hybridized carbons (Fsp3) is 0.857. The molecule has 0 aromatic heterocycles. The lowest BCUT2D eigenvalue weighted by atomic mass is 9.95. The van der Waals surface area contributed by atoms with Crippen LogP contribution in [0.5, 0.6) is 0 Å². The molecule has 116 valence electrons. The molecule has 6 heteroatoms. The molecule has 2 aliphatic rings. The number of nitrogens with zero attached hydrogens (tertiary/aromatic N) is 1. The maximum atomic E-state index is 11.8. The molecule has 2 saturated carbocycles. The fourth-order valence-electron chi connectivity index (χ4n) is 3.00. The molecule has 2 aliphatic carbocycles. The molecule has 5 nitrogen and oxygen atoms in total. The zero-order valence-corrected chi connectivity index (χ0v) is 14.4. The summed E-state index contributed by atoms with van der Waals surface area (Å²) in [5.74, 6) is 0.397. The number of hydrogen-bond acceptors (Lipinski definition) is 2. The summed E-state index contributed by atoms with van der Waals surface area (Å²) in [6.45, 7) is 0.141. The first kappa shape index (κ1) is 17.5. The van der Waals surface area contributed by atoms with E-state index >= 15 is 0 Å². The van der Waals surface area contributed by atoms with E-state index in [0.717, 1.165) is 25.7 Å². The van der Waals surface area contributed by atoms with Crippen molar-refractivity contribution < 1.29 is 4.79 Å². The number of halogens is 1. The zero-order chi connectivity index (χ0) is 13.5. The second-order valence-corrected chi connectivity index (χ2v) is 5.73. The second kappa shape index (κ2) is 9.41. The molecule has 0 unspecified atom stereocenters. The van der Waals surface area contributed by atoms with E-state index in [9.17, 15) is 4.79 Å². The smallest absolute Gasteiger partial charge is 0.242 e. The summed E-state index contributed by atoms with van der Waals surface area (Å²) in [5, 5.41) is 6.22. The van der Waals surface area contributed by atoms with Crippen molar-refractivity contribution in [3.63, 3.8) is 0 Å². The monoisotopic (exact) mass is 394 g/mol. The van der Waals surface area contributed by atoms with Crippen LogP contribution in [0, 0.1) is 0 Å². The lowest BCUT2D eigenvalue weighted by Gasteiger charge is -2.22. The van der Waals surface area contributed by atoms with Crippen molar-refractivity contribution >= 4 is 35.8 Å². The molecule has 2 rings (SSSR count). The van der Waals surface area contributed by atoms with Crippen molar-refractivity contribution in [3.05, 3.63) is 0 Å². The van der Waals surface area contributed by atoms with Gasteiger partial charge in [-0.3, -0.25) is 4.79 Å². The minimum atomic E-state index is -0.0110. The van der Waals surface area contributed by atoms with Crippen LogP contribution in [0.15, 0.2) is 4.99 Å². The normalized spacial score (nSPS) is 21.3. The Balaban J connectivity index is 0.00000200. The molecule has 0 aliphatic heterocycles. The Bertz CT molecular complexity index is 323. The minimum Gasteiger partial charge on any atom is -0.370 e. The first-order valence-corrected chi connectivity index (χ1v) is 7.60. The van der Waals surface area contributed by atoms with Gasteiger partial charge in [-0.15, -0.1) is 24.0 Å². The van der Waals surface area contributed by atoms with Gasteiger partial charge in [-0.1, -0.05) is 32.1 Å². The third-order valence-corrected chi connectivity index (χ3v) is 4.07. The predicted molar refractivity (Wildman–Crippen MR) is 92.3 cm³/mol. The summed E-state index contributed by atoms with van der Waals surface area (Å²) in [5.41, 5.74) is 5.79. The van der Waals surface area contributed by atoms with Crippen molar-refractivity contribution in [3.8, 4) is 0 Å². The average Bonchev–Trinajstić information content (AvgIpc) is 2.90. The van der Waals surface area contributed by atoms with E-state index in [4.69, 9.17) is 5.73 Å². The third kappa shape index (κ3) is 6.28. The van der Waals surface area contributed by atoms with Gasteiger partial charge in [0.25, 0.3) is 0 Å². The molecule has 0 aromatic rings. The molecule has 1 amide bonds. The van der Waals surface area contributed by atoms with E-state index in [1.165, 1.54) is 32.1 Å². The zero-order valence-electron chi connectivity index (χ0n) is 12.1. The first-order chi connectivity index (χ1) is 9.24. The van der Waals surface area contributed by atoms with Crippen LogP contribution >= 0.6 is 24.0 Å². The van der Waals surface area contributed by atoms with Gasteiger partial charge in [0.1, 0.15) is 6.54 Å². The minimum absolute atomic E-state index is 0. The van der Waals surface area contributed by atoms with E-state index in [1.54, 1.807) is 0 Å². The number of rotatable bonds is 4. The standard InChI is InChI=1S/C14H26N4O.HI/c15-14(18-12-8-4-5-9-12)16-10-13(19)17-11-6-2-1-3-7-11;/h11-12H,1-10H2,(H,17,19)(H3,15,16,18);1H. The molecule has 0 aromatic carbocycles. The molecule has 0 saturated heterocycles. The summed E-state index contributed by atoms with van der Waals surface area (Å²) in [4.78, 5) is 15.9. The molecule has 2 fully saturated rings. The molecule has 0 atom stereocenters. The number of amides is 1. The Morgan fingerprint density at radius 1 is 0.950 bits per heavy atom. The van der Waals surface area contributed by atoms with Gasteiger partial charge in [0.2, 0.25) is 5.91 Å². The van der Waals surface area contributed by atoms with E-state index in [1.807, 2.05) is 0 Å². The van der Waals surface area contributed by atoms with E-state index < -0.39 is 0 Å². The lowest BCUT2D eigenvalue weighted by Crippen LogP contribution is -2.41. The maximum Gasteiger partial charge on any atom is 0.242 e. The van der Waals surface area contributed by atoms with Crippen LogP contribution in [0.2, 0.25) is 0 Å². The van der Waals surface area contributed by atoms with Crippen LogP contribution in [-0.4, -0.2) is 30.5 Å². The Hall–Kier alpha value is -0.530. The van der Waals surface area contributed by atoms with E-state index in [0.29, 0.717) is 18.0 Å². The number of nitrogens with one attached hydrogen (secondary N) is 2. The Kier molecular flexibility index (Phi) is 8.25. The highest BCUT2D eigenvalue weighted by atomic mass is 127. The SMILES string of the molecule is I.NC(=NCC(=O)NC1CCCCC1)NC1CCCC1. The predicted octanol–water partition coefficient (Wildman–Crippen LogP) is 1.90. The molecule has 0 bridgehead atoms. The van der Waals surface area contributed by atoms with Crippen molar-refractivity contribution in [2.75, 3.05) is 6.54 Å². The van der Waals surface area contributed by atoms with Crippen LogP contribution in [0.25, 0.3) is 0 Å². The molecule has 0 spiro atoms. The van der Waals surface area contributed by atoms with Gasteiger partial charge in [-0.05, 0) is 25.7 Å². The average molecular weight is 394 g/mol. The molecule has 0 radical (unpaired) electrons. The summed E-state index contributed by atoms with van der Waals surface area (Å²) in [6, 6.07) is 0.797. The molecular weight excluding hydrogens is 367 g/mol. The van der Waals surface area contributed by atoms with Gasteiger partial charge in [-0.2, -0.15) is 0 Å². The number of aliphatic imine (C=N–C) groups is 1. The summed E-state index contributed by atoms with van der Waals surface area (Å²) in [6.07, 6.45) is 10.8. The van der Waals surface area contributed by atoms with Crippen LogP contribution in [0.4, 0.5) is 0 Å². The molecule has 0 heterocycles. The van der Waals surface area contributed by atoms with Crippen LogP contribution < -0.4 is 16.4 Å². The van der Waals surface area contributed by atoms with Gasteiger partial charge in [0.05, 0.1) is 0 Å². The number of carbonyl (C=O) groups excluding carboxylic acids is 1. The fourth-order valence-corrected chi connectivity index (χ4v) is 3.00. The lowest BCUT2D eigenvalue weighted by molar-refractivity contribution is -0.120. The van der Waals surface area contributed by atoms with Gasteiger partial charge >= 0.3 is 0 Å².